The summed E-state index contributed by atoms with van der Waals surface area (Å²) in [7, 11) is 0. The first-order chi connectivity index (χ1) is 7.25. The minimum atomic E-state index is -1.48. The van der Waals surface area contributed by atoms with E-state index in [0.29, 0.717) is 31.5 Å². The van der Waals surface area contributed by atoms with Gasteiger partial charge >= 0.3 is 0 Å². The quantitative estimate of drug-likeness (QED) is 0.776. The van der Waals surface area contributed by atoms with E-state index in [4.69, 9.17) is 0 Å². The summed E-state index contributed by atoms with van der Waals surface area (Å²) in [6.07, 6.45) is -0.498. The van der Waals surface area contributed by atoms with Crippen molar-refractivity contribution in [1.29, 1.82) is 0 Å². The maximum atomic E-state index is 12.3. The van der Waals surface area contributed by atoms with Crippen molar-refractivity contribution in [3.05, 3.63) is 28.2 Å². The van der Waals surface area contributed by atoms with E-state index in [-0.39, 0.29) is 0 Å². The molecule has 15 heavy (non-hydrogen) atoms. The van der Waals surface area contributed by atoms with Crippen LogP contribution in [0.1, 0.15) is 18.5 Å². The van der Waals surface area contributed by atoms with Gasteiger partial charge < -0.3 is 0 Å². The van der Waals surface area contributed by atoms with Crippen LogP contribution in [0, 0.1) is 0 Å². The fourth-order valence-electron chi connectivity index (χ4n) is 1.71. The number of nitrogens with zero attached hydrogens (tertiary/aromatic N) is 2. The molecular formula is C10H12F2N2S. The van der Waals surface area contributed by atoms with E-state index in [1.165, 1.54) is 0 Å². The van der Waals surface area contributed by atoms with Gasteiger partial charge in [0.25, 0.3) is 6.08 Å². The Morgan fingerprint density at radius 1 is 1.40 bits per heavy atom. The number of halogens is 2. The standard InChI is InChI=1S/C10H12F2N2S/c11-10(12)8-1-3-14(4-2-8)5-9-6-15-7-13-9/h6-7H,1-5H2. The lowest BCUT2D eigenvalue weighted by atomic mass is 10.1. The van der Waals surface area contributed by atoms with Gasteiger partial charge in [0.2, 0.25) is 0 Å². The van der Waals surface area contributed by atoms with Crippen LogP contribution in [0.2, 0.25) is 0 Å². The van der Waals surface area contributed by atoms with Crippen LogP contribution in [0.15, 0.2) is 22.5 Å². The van der Waals surface area contributed by atoms with Gasteiger partial charge in [0.05, 0.1) is 11.2 Å². The summed E-state index contributed by atoms with van der Waals surface area (Å²) in [6.45, 7) is 2.21. The molecule has 2 heterocycles. The Morgan fingerprint density at radius 3 is 2.67 bits per heavy atom. The highest BCUT2D eigenvalue weighted by Crippen LogP contribution is 2.22. The number of piperidine rings is 1. The van der Waals surface area contributed by atoms with E-state index in [1.54, 1.807) is 16.8 Å². The van der Waals surface area contributed by atoms with Crippen LogP contribution in [-0.4, -0.2) is 23.0 Å². The Balaban J connectivity index is 1.87. The monoisotopic (exact) mass is 230 g/mol. The van der Waals surface area contributed by atoms with E-state index in [0.717, 1.165) is 12.2 Å². The third-order valence-electron chi connectivity index (χ3n) is 2.60. The van der Waals surface area contributed by atoms with Crippen LogP contribution in [0.25, 0.3) is 0 Å². The predicted molar refractivity (Wildman–Crippen MR) is 55.9 cm³/mol. The predicted octanol–water partition coefficient (Wildman–Crippen LogP) is 2.89. The largest absolute Gasteiger partial charge is 0.297 e. The topological polar surface area (TPSA) is 16.1 Å². The van der Waals surface area contributed by atoms with Gasteiger partial charge in [-0.25, -0.2) is 4.98 Å². The lowest BCUT2D eigenvalue weighted by molar-refractivity contribution is 0.237. The van der Waals surface area contributed by atoms with Gasteiger partial charge in [-0.2, -0.15) is 8.78 Å². The van der Waals surface area contributed by atoms with Crippen molar-refractivity contribution in [2.45, 2.75) is 19.4 Å². The molecule has 1 aliphatic rings. The maximum absolute atomic E-state index is 12.3. The minimum Gasteiger partial charge on any atom is -0.297 e. The Labute approximate surface area is 91.2 Å². The van der Waals surface area contributed by atoms with E-state index in [2.05, 4.69) is 9.88 Å². The zero-order valence-corrected chi connectivity index (χ0v) is 9.07. The van der Waals surface area contributed by atoms with Gasteiger partial charge in [0.1, 0.15) is 0 Å². The van der Waals surface area contributed by atoms with Gasteiger partial charge in [0, 0.05) is 25.0 Å². The molecule has 0 unspecified atom stereocenters. The summed E-state index contributed by atoms with van der Waals surface area (Å²) in [5, 5.41) is 2.00. The molecule has 5 heteroatoms. The van der Waals surface area contributed by atoms with Crippen molar-refractivity contribution in [2.75, 3.05) is 13.1 Å². The highest BCUT2D eigenvalue weighted by Gasteiger charge is 2.17. The van der Waals surface area contributed by atoms with Crippen molar-refractivity contribution >= 4 is 11.3 Å². The molecule has 82 valence electrons. The van der Waals surface area contributed by atoms with Crippen molar-refractivity contribution in [3.8, 4) is 0 Å². The first kappa shape index (κ1) is 10.7. The zero-order valence-electron chi connectivity index (χ0n) is 8.25. The summed E-state index contributed by atoms with van der Waals surface area (Å²) in [5.74, 6) is 0. The number of hydrogen-bond acceptors (Lipinski definition) is 3. The summed E-state index contributed by atoms with van der Waals surface area (Å²) >= 11 is 1.57. The zero-order chi connectivity index (χ0) is 10.7. The third kappa shape index (κ3) is 2.82. The maximum Gasteiger partial charge on any atom is 0.269 e. The van der Waals surface area contributed by atoms with Gasteiger partial charge in [-0.1, -0.05) is 0 Å². The van der Waals surface area contributed by atoms with Crippen LogP contribution in [-0.2, 0) is 6.54 Å². The summed E-state index contributed by atoms with van der Waals surface area (Å²) in [5.41, 5.74) is 3.16. The fourth-order valence-corrected chi connectivity index (χ4v) is 2.26. The van der Waals surface area contributed by atoms with Crippen molar-refractivity contribution in [1.82, 2.24) is 9.88 Å². The first-order valence-electron chi connectivity index (χ1n) is 4.88. The minimum absolute atomic E-state index is 0.324. The fraction of sp³-hybridized carbons (Fsp3) is 0.500. The second-order valence-corrected chi connectivity index (χ2v) is 4.34. The number of hydrogen-bond donors (Lipinski definition) is 0. The molecule has 0 atom stereocenters. The Morgan fingerprint density at radius 2 is 2.13 bits per heavy atom. The lowest BCUT2D eigenvalue weighted by Gasteiger charge is -2.26. The molecule has 1 saturated heterocycles. The van der Waals surface area contributed by atoms with Gasteiger partial charge in [-0.15, -0.1) is 11.3 Å². The summed E-state index contributed by atoms with van der Waals surface area (Å²) < 4.78 is 24.6. The molecule has 2 rings (SSSR count). The van der Waals surface area contributed by atoms with Crippen LogP contribution in [0.3, 0.4) is 0 Å². The van der Waals surface area contributed by atoms with Crippen LogP contribution in [0.5, 0.6) is 0 Å². The van der Waals surface area contributed by atoms with E-state index in [1.807, 2.05) is 5.38 Å². The average Bonchev–Trinajstić information content (AvgIpc) is 2.71. The summed E-state index contributed by atoms with van der Waals surface area (Å²) in [6, 6.07) is 0. The van der Waals surface area contributed by atoms with Crippen LogP contribution < -0.4 is 0 Å². The van der Waals surface area contributed by atoms with Crippen molar-refractivity contribution in [2.24, 2.45) is 0 Å². The highest BCUT2D eigenvalue weighted by molar-refractivity contribution is 7.07. The van der Waals surface area contributed by atoms with E-state index < -0.39 is 6.08 Å². The SMILES string of the molecule is FC(F)=C1CCN(Cc2cscn2)CC1. The number of rotatable bonds is 2. The molecule has 1 aromatic heterocycles. The van der Waals surface area contributed by atoms with Crippen LogP contribution in [0.4, 0.5) is 8.78 Å². The Hall–Kier alpha value is -0.810. The van der Waals surface area contributed by atoms with E-state index >= 15 is 0 Å². The molecule has 1 fully saturated rings. The smallest absolute Gasteiger partial charge is 0.269 e. The normalized spacial score (nSPS) is 18.1. The van der Waals surface area contributed by atoms with Crippen molar-refractivity contribution in [3.63, 3.8) is 0 Å². The lowest BCUT2D eigenvalue weighted by Crippen LogP contribution is -2.30. The van der Waals surface area contributed by atoms with Gasteiger partial charge in [0.15, 0.2) is 0 Å². The molecule has 0 aliphatic carbocycles. The van der Waals surface area contributed by atoms with Crippen LogP contribution >= 0.6 is 11.3 Å². The second kappa shape index (κ2) is 4.81. The molecule has 0 radical (unpaired) electrons. The van der Waals surface area contributed by atoms with Gasteiger partial charge in [-0.3, -0.25) is 4.90 Å². The molecule has 2 nitrogen and oxygen atoms in total. The third-order valence-corrected chi connectivity index (χ3v) is 3.23. The molecule has 0 spiro atoms. The molecule has 0 N–H and O–H groups in total. The van der Waals surface area contributed by atoms with Gasteiger partial charge in [-0.05, 0) is 18.4 Å². The molecule has 1 aromatic rings. The van der Waals surface area contributed by atoms with E-state index in [9.17, 15) is 8.78 Å². The molecule has 0 bridgehead atoms. The molecule has 0 aromatic carbocycles. The molecule has 1 aliphatic heterocycles. The van der Waals surface area contributed by atoms with Crippen molar-refractivity contribution < 1.29 is 8.78 Å². The second-order valence-electron chi connectivity index (χ2n) is 3.62. The summed E-state index contributed by atoms with van der Waals surface area (Å²) in [4.78, 5) is 6.35. The number of aromatic nitrogens is 1. The Kier molecular flexibility index (Phi) is 3.43. The molecule has 0 saturated carbocycles. The average molecular weight is 230 g/mol. The number of thiazole rings is 1. The first-order valence-corrected chi connectivity index (χ1v) is 5.82. The molecular weight excluding hydrogens is 218 g/mol. The molecule has 0 amide bonds. The highest BCUT2D eigenvalue weighted by atomic mass is 32.1. The Bertz CT molecular complexity index is 334. The number of likely N-dealkylation sites (tertiary alicyclic amines) is 1.